The highest BCUT2D eigenvalue weighted by atomic mass is 32.1. The van der Waals surface area contributed by atoms with Crippen molar-refractivity contribution >= 4 is 22.4 Å². The van der Waals surface area contributed by atoms with Crippen molar-refractivity contribution in [3.8, 4) is 0 Å². The van der Waals surface area contributed by atoms with Crippen LogP contribution >= 0.6 is 11.3 Å². The van der Waals surface area contributed by atoms with Crippen LogP contribution in [0.15, 0.2) is 5.38 Å². The van der Waals surface area contributed by atoms with E-state index in [0.29, 0.717) is 11.6 Å². The molecule has 1 aliphatic carbocycles. The summed E-state index contributed by atoms with van der Waals surface area (Å²) in [5, 5.41) is 14.6. The summed E-state index contributed by atoms with van der Waals surface area (Å²) in [5.41, 5.74) is 5.94. The van der Waals surface area contributed by atoms with Crippen LogP contribution in [-0.4, -0.2) is 34.8 Å². The lowest BCUT2D eigenvalue weighted by Gasteiger charge is -2.18. The van der Waals surface area contributed by atoms with E-state index in [1.54, 1.807) is 5.38 Å². The van der Waals surface area contributed by atoms with Crippen molar-refractivity contribution in [1.29, 1.82) is 0 Å². The minimum Gasteiger partial charge on any atom is -0.480 e. The number of nitrogens with two attached hydrogens (primary N) is 1. The predicted octanol–water partition coefficient (Wildman–Crippen LogP) is 1.21. The molecular formula is C12H17N3O3S. The van der Waals surface area contributed by atoms with E-state index in [-0.39, 0.29) is 12.1 Å². The van der Waals surface area contributed by atoms with E-state index in [2.05, 4.69) is 10.3 Å². The SMILES string of the molecule is NC(C(=O)O)c1csc(NC2CCOC2C2CC2)n1. The summed E-state index contributed by atoms with van der Waals surface area (Å²) in [4.78, 5) is 15.1. The Morgan fingerprint density at radius 1 is 1.58 bits per heavy atom. The molecule has 1 aliphatic heterocycles. The Kier molecular flexibility index (Phi) is 3.42. The lowest BCUT2D eigenvalue weighted by Crippen LogP contribution is -2.31. The number of rotatable bonds is 5. The van der Waals surface area contributed by atoms with Gasteiger partial charge in [0.15, 0.2) is 5.13 Å². The van der Waals surface area contributed by atoms with Gasteiger partial charge in [0.05, 0.1) is 17.8 Å². The Bertz CT molecular complexity index is 475. The summed E-state index contributed by atoms with van der Waals surface area (Å²) in [5.74, 6) is -0.377. The molecule has 0 spiro atoms. The number of carboxylic acids is 1. The van der Waals surface area contributed by atoms with Gasteiger partial charge in [0.25, 0.3) is 0 Å². The molecule has 2 fully saturated rings. The second-order valence-electron chi connectivity index (χ2n) is 5.11. The maximum Gasteiger partial charge on any atom is 0.326 e. The van der Waals surface area contributed by atoms with Crippen LogP contribution in [0, 0.1) is 5.92 Å². The Morgan fingerprint density at radius 3 is 3.05 bits per heavy atom. The van der Waals surface area contributed by atoms with Crippen molar-refractivity contribution in [1.82, 2.24) is 4.98 Å². The molecule has 1 aromatic heterocycles. The molecule has 6 nitrogen and oxygen atoms in total. The van der Waals surface area contributed by atoms with E-state index < -0.39 is 12.0 Å². The lowest BCUT2D eigenvalue weighted by molar-refractivity contribution is -0.138. The molecule has 1 saturated heterocycles. The van der Waals surface area contributed by atoms with Gasteiger partial charge in [-0.1, -0.05) is 0 Å². The Morgan fingerprint density at radius 2 is 2.37 bits per heavy atom. The smallest absolute Gasteiger partial charge is 0.326 e. The number of thiazole rings is 1. The van der Waals surface area contributed by atoms with Crippen LogP contribution in [0.2, 0.25) is 0 Å². The van der Waals surface area contributed by atoms with E-state index in [4.69, 9.17) is 15.6 Å². The fourth-order valence-corrected chi connectivity index (χ4v) is 3.24. The van der Waals surface area contributed by atoms with Crippen molar-refractivity contribution in [3.05, 3.63) is 11.1 Å². The van der Waals surface area contributed by atoms with Crippen LogP contribution in [0.4, 0.5) is 5.13 Å². The number of aromatic nitrogens is 1. The number of carbonyl (C=O) groups is 1. The summed E-state index contributed by atoms with van der Waals surface area (Å²) in [6.07, 6.45) is 3.74. The number of aliphatic carboxylic acids is 1. The Hall–Kier alpha value is -1.18. The summed E-state index contributed by atoms with van der Waals surface area (Å²) < 4.78 is 5.75. The maximum atomic E-state index is 10.8. The summed E-state index contributed by atoms with van der Waals surface area (Å²) >= 11 is 1.40. The Balaban J connectivity index is 1.65. The molecule has 3 atom stereocenters. The highest BCUT2D eigenvalue weighted by molar-refractivity contribution is 7.13. The highest BCUT2D eigenvalue weighted by Gasteiger charge is 2.40. The number of nitrogens with one attached hydrogen (secondary N) is 1. The van der Waals surface area contributed by atoms with Crippen LogP contribution in [-0.2, 0) is 9.53 Å². The van der Waals surface area contributed by atoms with Gasteiger partial charge in [-0.2, -0.15) is 0 Å². The molecule has 2 aliphatic rings. The molecule has 104 valence electrons. The summed E-state index contributed by atoms with van der Waals surface area (Å²) in [6.45, 7) is 0.783. The fourth-order valence-electron chi connectivity index (χ4n) is 2.44. The number of carboxylic acid groups (broad SMARTS) is 1. The largest absolute Gasteiger partial charge is 0.480 e. The third kappa shape index (κ3) is 2.72. The number of hydrogen-bond acceptors (Lipinski definition) is 6. The molecule has 7 heteroatoms. The molecular weight excluding hydrogens is 266 g/mol. The quantitative estimate of drug-likeness (QED) is 0.751. The van der Waals surface area contributed by atoms with E-state index in [1.165, 1.54) is 24.2 Å². The maximum absolute atomic E-state index is 10.8. The normalized spacial score (nSPS) is 28.3. The molecule has 0 radical (unpaired) electrons. The van der Waals surface area contributed by atoms with Crippen LogP contribution < -0.4 is 11.1 Å². The second kappa shape index (κ2) is 5.07. The molecule has 1 aromatic rings. The van der Waals surface area contributed by atoms with Crippen molar-refractivity contribution in [2.75, 3.05) is 11.9 Å². The van der Waals surface area contributed by atoms with Crippen molar-refractivity contribution in [2.45, 2.75) is 37.5 Å². The second-order valence-corrected chi connectivity index (χ2v) is 5.96. The zero-order valence-electron chi connectivity index (χ0n) is 10.4. The number of nitrogens with zero attached hydrogens (tertiary/aromatic N) is 1. The third-order valence-electron chi connectivity index (χ3n) is 3.64. The van der Waals surface area contributed by atoms with Crippen LogP contribution in [0.5, 0.6) is 0 Å². The molecule has 0 bridgehead atoms. The van der Waals surface area contributed by atoms with Gasteiger partial charge in [0.2, 0.25) is 0 Å². The number of hydrogen-bond donors (Lipinski definition) is 3. The number of ether oxygens (including phenoxy) is 1. The highest BCUT2D eigenvalue weighted by Crippen LogP contribution is 2.39. The first-order valence-electron chi connectivity index (χ1n) is 6.47. The minimum atomic E-state index is -1.06. The molecule has 0 amide bonds. The minimum absolute atomic E-state index is 0.278. The van der Waals surface area contributed by atoms with Gasteiger partial charge < -0.3 is 20.9 Å². The van der Waals surface area contributed by atoms with Gasteiger partial charge in [0, 0.05) is 12.0 Å². The topological polar surface area (TPSA) is 97.5 Å². The first kappa shape index (κ1) is 12.8. The molecule has 3 unspecified atom stereocenters. The molecule has 1 saturated carbocycles. The molecule has 4 N–H and O–H groups in total. The summed E-state index contributed by atoms with van der Waals surface area (Å²) in [7, 11) is 0. The van der Waals surface area contributed by atoms with Gasteiger partial charge >= 0.3 is 5.97 Å². The van der Waals surface area contributed by atoms with Gasteiger partial charge in [0.1, 0.15) is 6.04 Å². The number of anilines is 1. The Labute approximate surface area is 115 Å². The zero-order valence-corrected chi connectivity index (χ0v) is 11.2. The molecule has 0 aromatic carbocycles. The van der Waals surface area contributed by atoms with Gasteiger partial charge in [-0.25, -0.2) is 4.98 Å². The van der Waals surface area contributed by atoms with Gasteiger partial charge in [-0.05, 0) is 25.2 Å². The predicted molar refractivity (Wildman–Crippen MR) is 71.2 cm³/mol. The van der Waals surface area contributed by atoms with Crippen LogP contribution in [0.3, 0.4) is 0 Å². The monoisotopic (exact) mass is 283 g/mol. The first-order valence-corrected chi connectivity index (χ1v) is 7.35. The van der Waals surface area contributed by atoms with E-state index in [9.17, 15) is 4.79 Å². The van der Waals surface area contributed by atoms with Crippen LogP contribution in [0.25, 0.3) is 0 Å². The van der Waals surface area contributed by atoms with E-state index in [0.717, 1.165) is 18.2 Å². The first-order chi connectivity index (χ1) is 9.15. The van der Waals surface area contributed by atoms with Gasteiger partial charge in [-0.3, -0.25) is 4.79 Å². The standard InChI is InChI=1S/C12H17N3O3S/c13-9(11(16)17)8-5-19-12(15-8)14-7-3-4-18-10(7)6-1-2-6/h5-7,9-10H,1-4,13H2,(H,14,15)(H,16,17). The summed E-state index contributed by atoms with van der Waals surface area (Å²) in [6, 6.07) is -0.765. The lowest BCUT2D eigenvalue weighted by atomic mass is 10.1. The molecule has 2 heterocycles. The van der Waals surface area contributed by atoms with E-state index >= 15 is 0 Å². The molecule has 19 heavy (non-hydrogen) atoms. The molecule has 3 rings (SSSR count). The average Bonchev–Trinajstić information content (AvgIpc) is 2.95. The third-order valence-corrected chi connectivity index (χ3v) is 4.43. The average molecular weight is 283 g/mol. The van der Waals surface area contributed by atoms with Gasteiger partial charge in [-0.15, -0.1) is 11.3 Å². The van der Waals surface area contributed by atoms with Crippen molar-refractivity contribution in [3.63, 3.8) is 0 Å². The van der Waals surface area contributed by atoms with Crippen molar-refractivity contribution < 1.29 is 14.6 Å². The zero-order chi connectivity index (χ0) is 13.4. The fraction of sp³-hybridized carbons (Fsp3) is 0.667. The van der Waals surface area contributed by atoms with Crippen molar-refractivity contribution in [2.24, 2.45) is 11.7 Å². The van der Waals surface area contributed by atoms with E-state index in [1.807, 2.05) is 0 Å². The van der Waals surface area contributed by atoms with Crippen LogP contribution in [0.1, 0.15) is 31.0 Å².